The van der Waals surface area contributed by atoms with Crippen molar-refractivity contribution in [1.82, 2.24) is 0 Å². The Kier molecular flexibility index (Phi) is 3.30. The minimum atomic E-state index is -0.938. The molecule has 15 heavy (non-hydrogen) atoms. The number of rotatable bonds is 2. The summed E-state index contributed by atoms with van der Waals surface area (Å²) in [7, 11) is 0. The van der Waals surface area contributed by atoms with E-state index in [1.54, 1.807) is 12.1 Å². The Morgan fingerprint density at radius 1 is 1.13 bits per heavy atom. The molecule has 0 aliphatic carbocycles. The third-order valence-corrected chi connectivity index (χ3v) is 2.33. The standard InChI is InChI=1S/C12H13ClO2/c1-12(2,3)9-7-5-4-6-8(9)10(14)11(13)15/h4-7H,1-3H3. The van der Waals surface area contributed by atoms with Gasteiger partial charge in [-0.1, -0.05) is 45.0 Å². The largest absolute Gasteiger partial charge is 0.293 e. The summed E-state index contributed by atoms with van der Waals surface area (Å²) in [5.41, 5.74) is 1.05. The van der Waals surface area contributed by atoms with Gasteiger partial charge in [-0.3, -0.25) is 9.59 Å². The van der Waals surface area contributed by atoms with Crippen molar-refractivity contribution in [2.75, 3.05) is 0 Å². The molecule has 3 heteroatoms. The van der Waals surface area contributed by atoms with Crippen LogP contribution in [0.15, 0.2) is 24.3 Å². The molecule has 0 heterocycles. The third-order valence-electron chi connectivity index (χ3n) is 2.16. The van der Waals surface area contributed by atoms with E-state index in [2.05, 4.69) is 0 Å². The Morgan fingerprint density at radius 3 is 2.13 bits per heavy atom. The molecule has 0 radical (unpaired) electrons. The predicted octanol–water partition coefficient (Wildman–Crippen LogP) is 2.93. The zero-order valence-electron chi connectivity index (χ0n) is 9.00. The van der Waals surface area contributed by atoms with Crippen LogP contribution in [0.1, 0.15) is 36.7 Å². The highest BCUT2D eigenvalue weighted by atomic mass is 35.5. The number of ketones is 1. The van der Waals surface area contributed by atoms with Crippen molar-refractivity contribution in [3.05, 3.63) is 35.4 Å². The van der Waals surface area contributed by atoms with Crippen LogP contribution in [-0.2, 0) is 10.2 Å². The summed E-state index contributed by atoms with van der Waals surface area (Å²) < 4.78 is 0. The van der Waals surface area contributed by atoms with Crippen LogP contribution in [0.5, 0.6) is 0 Å². The van der Waals surface area contributed by atoms with Crippen molar-refractivity contribution >= 4 is 22.6 Å². The van der Waals surface area contributed by atoms with Crippen LogP contribution in [0.4, 0.5) is 0 Å². The van der Waals surface area contributed by atoms with Gasteiger partial charge in [0.05, 0.1) is 0 Å². The second-order valence-electron chi connectivity index (χ2n) is 4.40. The molecule has 0 atom stereocenters. The Morgan fingerprint density at radius 2 is 1.67 bits per heavy atom. The molecule has 0 unspecified atom stereocenters. The average Bonchev–Trinajstić information content (AvgIpc) is 2.15. The average molecular weight is 225 g/mol. The molecule has 0 saturated heterocycles. The van der Waals surface area contributed by atoms with Gasteiger partial charge in [-0.15, -0.1) is 0 Å². The molecule has 1 rings (SSSR count). The highest BCUT2D eigenvalue weighted by Crippen LogP contribution is 2.26. The van der Waals surface area contributed by atoms with Crippen molar-refractivity contribution < 1.29 is 9.59 Å². The van der Waals surface area contributed by atoms with E-state index in [0.717, 1.165) is 5.56 Å². The highest BCUT2D eigenvalue weighted by Gasteiger charge is 2.23. The Hall–Kier alpha value is -1.15. The van der Waals surface area contributed by atoms with Crippen LogP contribution >= 0.6 is 11.6 Å². The van der Waals surface area contributed by atoms with E-state index < -0.39 is 11.0 Å². The second-order valence-corrected chi connectivity index (χ2v) is 4.74. The van der Waals surface area contributed by atoms with E-state index in [-0.39, 0.29) is 5.41 Å². The monoisotopic (exact) mass is 224 g/mol. The molecule has 1 aromatic carbocycles. The van der Waals surface area contributed by atoms with Crippen LogP contribution < -0.4 is 0 Å². The summed E-state index contributed by atoms with van der Waals surface area (Å²) in [5, 5.41) is -0.938. The lowest BCUT2D eigenvalue weighted by molar-refractivity contribution is -0.108. The first-order chi connectivity index (χ1) is 6.84. The summed E-state index contributed by atoms with van der Waals surface area (Å²) in [6.45, 7) is 5.95. The van der Waals surface area contributed by atoms with Crippen molar-refractivity contribution in [2.24, 2.45) is 0 Å². The number of benzene rings is 1. The minimum Gasteiger partial charge on any atom is -0.284 e. The SMILES string of the molecule is CC(C)(C)c1ccccc1C(=O)C(=O)Cl. The normalized spacial score (nSPS) is 11.2. The number of hydrogen-bond acceptors (Lipinski definition) is 2. The maximum Gasteiger partial charge on any atom is 0.293 e. The summed E-state index contributed by atoms with van der Waals surface area (Å²) in [6, 6.07) is 7.04. The van der Waals surface area contributed by atoms with Gasteiger partial charge in [0.25, 0.3) is 5.24 Å². The van der Waals surface area contributed by atoms with Crippen LogP contribution in [-0.4, -0.2) is 11.0 Å². The highest BCUT2D eigenvalue weighted by molar-refractivity contribution is 6.83. The van der Waals surface area contributed by atoms with Crippen molar-refractivity contribution in [1.29, 1.82) is 0 Å². The molecule has 0 aliphatic heterocycles. The molecule has 0 fully saturated rings. The third kappa shape index (κ3) is 2.66. The van der Waals surface area contributed by atoms with Gasteiger partial charge in [-0.2, -0.15) is 0 Å². The first kappa shape index (κ1) is 11.9. The molecule has 0 spiro atoms. The van der Waals surface area contributed by atoms with E-state index in [1.165, 1.54) is 0 Å². The van der Waals surface area contributed by atoms with Crippen LogP contribution in [0.25, 0.3) is 0 Å². The number of carbonyl (C=O) groups excluding carboxylic acids is 2. The Labute approximate surface area is 94.2 Å². The maximum atomic E-state index is 11.5. The molecule has 0 aliphatic rings. The number of carbonyl (C=O) groups is 2. The maximum absolute atomic E-state index is 11.5. The molecule has 1 aromatic rings. The number of hydrogen-bond donors (Lipinski definition) is 0. The van der Waals surface area contributed by atoms with Gasteiger partial charge < -0.3 is 0 Å². The van der Waals surface area contributed by atoms with E-state index in [0.29, 0.717) is 5.56 Å². The van der Waals surface area contributed by atoms with Gasteiger partial charge in [-0.05, 0) is 22.6 Å². The summed E-state index contributed by atoms with van der Waals surface area (Å²) >= 11 is 5.20. The van der Waals surface area contributed by atoms with E-state index in [9.17, 15) is 9.59 Å². The Bertz CT molecular complexity index is 402. The van der Waals surface area contributed by atoms with E-state index in [1.807, 2.05) is 32.9 Å². The second kappa shape index (κ2) is 4.15. The lowest BCUT2D eigenvalue weighted by Crippen LogP contribution is -2.19. The van der Waals surface area contributed by atoms with E-state index in [4.69, 9.17) is 11.6 Å². The molecule has 0 saturated carbocycles. The topological polar surface area (TPSA) is 34.1 Å². The fraction of sp³-hybridized carbons (Fsp3) is 0.333. The Balaban J connectivity index is 3.31. The molecule has 0 N–H and O–H groups in total. The lowest BCUT2D eigenvalue weighted by Gasteiger charge is -2.21. The van der Waals surface area contributed by atoms with Crippen LogP contribution in [0, 0.1) is 0 Å². The van der Waals surface area contributed by atoms with Crippen LogP contribution in [0.2, 0.25) is 0 Å². The first-order valence-electron chi connectivity index (χ1n) is 4.67. The smallest absolute Gasteiger partial charge is 0.284 e. The zero-order chi connectivity index (χ0) is 11.6. The van der Waals surface area contributed by atoms with Crippen molar-refractivity contribution in [2.45, 2.75) is 26.2 Å². The summed E-state index contributed by atoms with van der Waals surface area (Å²) in [4.78, 5) is 22.4. The quantitative estimate of drug-likeness (QED) is 0.440. The molecule has 0 aromatic heterocycles. The summed E-state index contributed by atoms with van der Waals surface area (Å²) in [5.74, 6) is -0.637. The lowest BCUT2D eigenvalue weighted by atomic mass is 9.83. The first-order valence-corrected chi connectivity index (χ1v) is 5.05. The van der Waals surface area contributed by atoms with Gasteiger partial charge in [0.2, 0.25) is 5.78 Å². The molecule has 0 bridgehead atoms. The van der Waals surface area contributed by atoms with Gasteiger partial charge in [0, 0.05) is 5.56 Å². The molecule has 2 nitrogen and oxygen atoms in total. The van der Waals surface area contributed by atoms with Gasteiger partial charge >= 0.3 is 0 Å². The number of Topliss-reactive ketones (excluding diaryl/α,β-unsaturated/α-hetero) is 1. The van der Waals surface area contributed by atoms with Gasteiger partial charge in [0.15, 0.2) is 0 Å². The molecule has 0 amide bonds. The van der Waals surface area contributed by atoms with Crippen molar-refractivity contribution in [3.63, 3.8) is 0 Å². The van der Waals surface area contributed by atoms with Crippen LogP contribution in [0.3, 0.4) is 0 Å². The summed E-state index contributed by atoms with van der Waals surface area (Å²) in [6.07, 6.45) is 0. The number of halogens is 1. The minimum absolute atomic E-state index is 0.182. The zero-order valence-corrected chi connectivity index (χ0v) is 9.76. The van der Waals surface area contributed by atoms with Gasteiger partial charge in [-0.25, -0.2) is 0 Å². The molecule has 80 valence electrons. The molecular formula is C12H13ClO2. The van der Waals surface area contributed by atoms with Gasteiger partial charge in [0.1, 0.15) is 0 Å². The molecular weight excluding hydrogens is 212 g/mol. The van der Waals surface area contributed by atoms with Crippen molar-refractivity contribution in [3.8, 4) is 0 Å². The van der Waals surface area contributed by atoms with E-state index >= 15 is 0 Å². The fourth-order valence-corrected chi connectivity index (χ4v) is 1.54. The predicted molar refractivity (Wildman–Crippen MR) is 60.3 cm³/mol. The fourth-order valence-electron chi connectivity index (χ4n) is 1.44.